The number of rotatable bonds is 2. The predicted molar refractivity (Wildman–Crippen MR) is 111 cm³/mol. The van der Waals surface area contributed by atoms with Crippen molar-refractivity contribution < 1.29 is 9.21 Å². The molecule has 29 heavy (non-hydrogen) atoms. The lowest BCUT2D eigenvalue weighted by molar-refractivity contribution is 0.0970. The highest BCUT2D eigenvalue weighted by Gasteiger charge is 2.44. The first-order valence-corrected chi connectivity index (χ1v) is 9.43. The van der Waals surface area contributed by atoms with Crippen molar-refractivity contribution in [3.8, 4) is 0 Å². The highest BCUT2D eigenvalue weighted by Crippen LogP contribution is 2.40. The van der Waals surface area contributed by atoms with E-state index >= 15 is 0 Å². The number of benzene rings is 2. The van der Waals surface area contributed by atoms with Gasteiger partial charge in [0, 0.05) is 6.20 Å². The van der Waals surface area contributed by atoms with Gasteiger partial charge < -0.3 is 4.42 Å². The van der Waals surface area contributed by atoms with Gasteiger partial charge in [0.05, 0.1) is 17.0 Å². The van der Waals surface area contributed by atoms with E-state index in [1.807, 2.05) is 56.3 Å². The molecule has 0 bridgehead atoms. The molecule has 3 heterocycles. The molecular formula is C24H18N2O3. The van der Waals surface area contributed by atoms with Gasteiger partial charge in [0.25, 0.3) is 5.91 Å². The zero-order valence-corrected chi connectivity index (χ0v) is 16.0. The van der Waals surface area contributed by atoms with Crippen LogP contribution in [0.3, 0.4) is 0 Å². The van der Waals surface area contributed by atoms with Crippen molar-refractivity contribution >= 4 is 22.7 Å². The molecule has 1 atom stereocenters. The van der Waals surface area contributed by atoms with Gasteiger partial charge in [-0.2, -0.15) is 0 Å². The number of pyridine rings is 1. The fourth-order valence-corrected chi connectivity index (χ4v) is 3.88. The van der Waals surface area contributed by atoms with Crippen LogP contribution in [0.15, 0.2) is 76.1 Å². The van der Waals surface area contributed by atoms with E-state index in [-0.39, 0.29) is 17.1 Å². The van der Waals surface area contributed by atoms with E-state index in [0.717, 1.165) is 16.7 Å². The topological polar surface area (TPSA) is 63.4 Å². The van der Waals surface area contributed by atoms with E-state index in [1.165, 1.54) is 0 Å². The third kappa shape index (κ3) is 2.66. The van der Waals surface area contributed by atoms with Gasteiger partial charge in [0.15, 0.2) is 5.43 Å². The number of carbonyl (C=O) groups is 1. The van der Waals surface area contributed by atoms with E-state index < -0.39 is 6.04 Å². The molecule has 142 valence electrons. The molecule has 0 radical (unpaired) electrons. The largest absolute Gasteiger partial charge is 0.450 e. The summed E-state index contributed by atoms with van der Waals surface area (Å²) in [6, 6.07) is 18.0. The number of aromatic nitrogens is 1. The summed E-state index contributed by atoms with van der Waals surface area (Å²) in [5, 5.41) is 0.483. The summed E-state index contributed by atoms with van der Waals surface area (Å²) in [6.07, 6.45) is 1.63. The van der Waals surface area contributed by atoms with Crippen molar-refractivity contribution in [2.24, 2.45) is 0 Å². The molecule has 0 N–H and O–H groups in total. The van der Waals surface area contributed by atoms with Gasteiger partial charge >= 0.3 is 0 Å². The summed E-state index contributed by atoms with van der Waals surface area (Å²) in [7, 11) is 0. The number of fused-ring (bicyclic) bond motifs is 2. The maximum atomic E-state index is 13.5. The number of hydrogen-bond donors (Lipinski definition) is 0. The minimum absolute atomic E-state index is 0.0857. The molecule has 5 nitrogen and oxygen atoms in total. The second-order valence-electron chi connectivity index (χ2n) is 7.35. The van der Waals surface area contributed by atoms with Crippen LogP contribution in [0.5, 0.6) is 0 Å². The fraction of sp³-hybridized carbons (Fsp3) is 0.125. The smallest absolute Gasteiger partial charge is 0.296 e. The molecule has 5 heteroatoms. The Hall–Kier alpha value is -3.73. The molecule has 0 aliphatic carbocycles. The lowest BCUT2D eigenvalue weighted by Crippen LogP contribution is -2.30. The molecule has 0 spiro atoms. The van der Waals surface area contributed by atoms with Crippen LogP contribution in [0, 0.1) is 13.8 Å². The monoisotopic (exact) mass is 382 g/mol. The molecule has 0 saturated carbocycles. The first-order valence-electron chi connectivity index (χ1n) is 9.43. The van der Waals surface area contributed by atoms with Crippen molar-refractivity contribution in [2.75, 3.05) is 4.90 Å². The molecule has 1 aliphatic heterocycles. The Balaban J connectivity index is 1.83. The van der Waals surface area contributed by atoms with Gasteiger partial charge in [-0.3, -0.25) is 14.5 Å². The second kappa shape index (κ2) is 6.41. The minimum atomic E-state index is -0.589. The highest BCUT2D eigenvalue weighted by atomic mass is 16.3. The average Bonchev–Trinajstić information content (AvgIpc) is 3.03. The Kier molecular flexibility index (Phi) is 3.84. The van der Waals surface area contributed by atoms with Gasteiger partial charge in [-0.05, 0) is 43.7 Å². The van der Waals surface area contributed by atoms with E-state index in [4.69, 9.17) is 4.42 Å². The number of aryl methyl sites for hydroxylation is 2. The Morgan fingerprint density at radius 3 is 2.41 bits per heavy atom. The summed E-state index contributed by atoms with van der Waals surface area (Å²) in [5.41, 5.74) is 3.50. The summed E-state index contributed by atoms with van der Waals surface area (Å²) >= 11 is 0. The van der Waals surface area contributed by atoms with Crippen molar-refractivity contribution in [3.05, 3.63) is 105 Å². The highest BCUT2D eigenvalue weighted by molar-refractivity contribution is 6.10. The van der Waals surface area contributed by atoms with E-state index in [1.54, 1.807) is 29.3 Å². The standard InChI is InChI=1S/C24H18N2O3/c1-14-6-9-16(10-7-14)21-20-22(27)17-13-15(2)8-11-18(17)29-23(20)24(28)26(21)19-5-3-4-12-25-19/h3-13,21H,1-2H3/t21-/m1/s1. The number of hydrogen-bond acceptors (Lipinski definition) is 4. The first-order chi connectivity index (χ1) is 14.0. The number of anilines is 1. The van der Waals surface area contributed by atoms with Crippen molar-refractivity contribution in [1.29, 1.82) is 0 Å². The maximum Gasteiger partial charge on any atom is 0.296 e. The summed E-state index contributed by atoms with van der Waals surface area (Å²) in [5.74, 6) is 0.209. The van der Waals surface area contributed by atoms with Crippen LogP contribution in [-0.4, -0.2) is 10.9 Å². The van der Waals surface area contributed by atoms with E-state index in [2.05, 4.69) is 4.98 Å². The van der Waals surface area contributed by atoms with Gasteiger partial charge in [0.1, 0.15) is 11.4 Å². The normalized spacial score (nSPS) is 15.7. The summed E-state index contributed by atoms with van der Waals surface area (Å²) < 4.78 is 5.96. The van der Waals surface area contributed by atoms with E-state index in [0.29, 0.717) is 22.4 Å². The van der Waals surface area contributed by atoms with Gasteiger partial charge in [-0.1, -0.05) is 47.5 Å². The first kappa shape index (κ1) is 17.4. The van der Waals surface area contributed by atoms with Crippen LogP contribution in [0.4, 0.5) is 5.82 Å². The number of nitrogens with zero attached hydrogens (tertiary/aromatic N) is 2. The number of amides is 1. The molecule has 1 amide bonds. The molecule has 1 aliphatic rings. The van der Waals surface area contributed by atoms with Gasteiger partial charge in [0.2, 0.25) is 5.76 Å². The molecular weight excluding hydrogens is 364 g/mol. The zero-order chi connectivity index (χ0) is 20.1. The maximum absolute atomic E-state index is 13.5. The van der Waals surface area contributed by atoms with Crippen LogP contribution in [0.1, 0.15) is 38.9 Å². The van der Waals surface area contributed by atoms with Crippen molar-refractivity contribution in [3.63, 3.8) is 0 Å². The van der Waals surface area contributed by atoms with Gasteiger partial charge in [-0.25, -0.2) is 4.98 Å². The Labute approximate surface area is 167 Å². The van der Waals surface area contributed by atoms with Gasteiger partial charge in [-0.15, -0.1) is 0 Å². The summed E-state index contributed by atoms with van der Waals surface area (Å²) in [4.78, 5) is 32.8. The minimum Gasteiger partial charge on any atom is -0.450 e. The van der Waals surface area contributed by atoms with Crippen molar-refractivity contribution in [1.82, 2.24) is 4.98 Å². The molecule has 0 saturated heterocycles. The van der Waals surface area contributed by atoms with Crippen LogP contribution in [0.25, 0.3) is 11.0 Å². The second-order valence-corrected chi connectivity index (χ2v) is 7.35. The van der Waals surface area contributed by atoms with Crippen LogP contribution in [0.2, 0.25) is 0 Å². The van der Waals surface area contributed by atoms with Crippen LogP contribution >= 0.6 is 0 Å². The van der Waals surface area contributed by atoms with E-state index in [9.17, 15) is 9.59 Å². The Morgan fingerprint density at radius 2 is 1.69 bits per heavy atom. The zero-order valence-electron chi connectivity index (χ0n) is 16.0. The molecule has 2 aromatic heterocycles. The third-order valence-corrected chi connectivity index (χ3v) is 5.31. The van der Waals surface area contributed by atoms with Crippen LogP contribution in [-0.2, 0) is 0 Å². The SMILES string of the molecule is Cc1ccc([C@@H]2c3c(oc4ccc(C)cc4c3=O)C(=O)N2c2ccccn2)cc1. The lowest BCUT2D eigenvalue weighted by Gasteiger charge is -2.24. The molecule has 0 unspecified atom stereocenters. The quantitative estimate of drug-likeness (QED) is 0.510. The predicted octanol–water partition coefficient (Wildman–Crippen LogP) is 4.55. The molecule has 0 fully saturated rings. The Bertz CT molecular complexity index is 1310. The fourth-order valence-electron chi connectivity index (χ4n) is 3.88. The Morgan fingerprint density at radius 1 is 0.931 bits per heavy atom. The average molecular weight is 382 g/mol. The number of carbonyl (C=O) groups excluding carboxylic acids is 1. The van der Waals surface area contributed by atoms with Crippen LogP contribution < -0.4 is 10.3 Å². The lowest BCUT2D eigenvalue weighted by atomic mass is 9.97. The molecule has 4 aromatic rings. The third-order valence-electron chi connectivity index (χ3n) is 5.31. The molecule has 5 rings (SSSR count). The summed E-state index contributed by atoms with van der Waals surface area (Å²) in [6.45, 7) is 3.92. The molecule has 2 aromatic carbocycles. The van der Waals surface area contributed by atoms with Crippen molar-refractivity contribution in [2.45, 2.75) is 19.9 Å².